The smallest absolute Gasteiger partial charge is 0.550 e. The van der Waals surface area contributed by atoms with Crippen LogP contribution < -0.4 is 10.2 Å². The number of carbonyl (C=O) groups is 2. The third kappa shape index (κ3) is 49.0. The maximum Gasteiger partial charge on any atom is 2.00 e. The van der Waals surface area contributed by atoms with E-state index in [1.807, 2.05) is 0 Å². The zero-order valence-corrected chi connectivity index (χ0v) is 28.1. The number of carboxylic acids is 2. The Balaban J connectivity index is -0.000000688. The van der Waals surface area contributed by atoms with Crippen molar-refractivity contribution in [3.8, 4) is 0 Å². The van der Waals surface area contributed by atoms with Crippen molar-refractivity contribution in [1.29, 1.82) is 0 Å². The second-order valence-electron chi connectivity index (χ2n) is 11.4. The second kappa shape index (κ2) is 41.1. The Bertz CT molecular complexity index is 524. The molecule has 0 saturated carbocycles. The maximum atomic E-state index is 10.2. The van der Waals surface area contributed by atoms with Gasteiger partial charge in [0.2, 0.25) is 0 Å². The van der Waals surface area contributed by atoms with E-state index in [4.69, 9.17) is 0 Å². The van der Waals surface area contributed by atoms with E-state index >= 15 is 0 Å². The molecule has 0 aromatic heterocycles. The summed E-state index contributed by atoms with van der Waals surface area (Å²) in [6.07, 6.45) is 41.8. The zero-order chi connectivity index (χ0) is 29.8. The summed E-state index contributed by atoms with van der Waals surface area (Å²) >= 11 is 0. The molecule has 0 saturated heterocycles. The van der Waals surface area contributed by atoms with Gasteiger partial charge in [-0.05, 0) is 77.0 Å². The van der Waals surface area contributed by atoms with Crippen molar-refractivity contribution in [1.82, 2.24) is 0 Å². The number of allylic oxidation sites excluding steroid dienone is 4. The molecule has 1 radical (unpaired) electrons. The summed E-state index contributed by atoms with van der Waals surface area (Å²) < 4.78 is 0. The van der Waals surface area contributed by atoms with E-state index in [-0.39, 0.29) is 29.6 Å². The van der Waals surface area contributed by atoms with Gasteiger partial charge in [0.1, 0.15) is 0 Å². The van der Waals surface area contributed by atoms with Gasteiger partial charge in [-0.15, -0.1) is 0 Å². The topological polar surface area (TPSA) is 80.3 Å². The van der Waals surface area contributed by atoms with Gasteiger partial charge in [-0.1, -0.05) is 141 Å². The molecule has 0 aliphatic carbocycles. The first kappa shape index (κ1) is 44.4. The molecule has 0 rings (SSSR count). The minimum Gasteiger partial charge on any atom is -0.550 e. The first-order valence-electron chi connectivity index (χ1n) is 17.2. The van der Waals surface area contributed by atoms with Crippen LogP contribution in [0.15, 0.2) is 24.3 Å². The van der Waals surface area contributed by atoms with Crippen molar-refractivity contribution in [2.24, 2.45) is 0 Å². The van der Waals surface area contributed by atoms with E-state index in [1.165, 1.54) is 128 Å². The predicted octanol–water partition coefficient (Wildman–Crippen LogP) is 9.55. The van der Waals surface area contributed by atoms with Crippen LogP contribution in [-0.2, 0) is 26.4 Å². The standard InChI is InChI=1S/2C18H34O2.Co/c2*1-2-3-4-5-6-7-8-9-10-11-12-13-14-15-16-17-18(19)20;/h2*9-10H,2-8,11-17H2,1H3,(H,19,20);/q;;+2/p-2/b2*10-9-;. The normalized spacial score (nSPS) is 11.0. The van der Waals surface area contributed by atoms with Gasteiger partial charge in [0.05, 0.1) is 0 Å². The Kier molecular flexibility index (Phi) is 44.4. The number of rotatable bonds is 30. The van der Waals surface area contributed by atoms with Crippen molar-refractivity contribution in [2.75, 3.05) is 0 Å². The number of carbonyl (C=O) groups excluding carboxylic acids is 2. The SMILES string of the molecule is CCCCCCCC/C=C\CCCCCCCC(=O)[O-].CCCCCCCC/C=C\CCCCCCCC(=O)[O-].[Co+2]. The van der Waals surface area contributed by atoms with Gasteiger partial charge in [0, 0.05) is 11.9 Å². The molecule has 0 atom stereocenters. The largest absolute Gasteiger partial charge is 2.00 e. The Hall–Kier alpha value is -1.07. The number of hydrogen-bond donors (Lipinski definition) is 0. The Morgan fingerprint density at radius 3 is 0.854 bits per heavy atom. The van der Waals surface area contributed by atoms with E-state index in [9.17, 15) is 19.8 Å². The van der Waals surface area contributed by atoms with Gasteiger partial charge in [-0.2, -0.15) is 0 Å². The molecule has 243 valence electrons. The van der Waals surface area contributed by atoms with Crippen LogP contribution in [0.3, 0.4) is 0 Å². The number of carboxylic acid groups (broad SMARTS) is 2. The molecule has 0 aliphatic heterocycles. The molecular formula is C36H66CoO4. The van der Waals surface area contributed by atoms with Gasteiger partial charge in [0.15, 0.2) is 0 Å². The summed E-state index contributed by atoms with van der Waals surface area (Å²) in [4.78, 5) is 20.4. The van der Waals surface area contributed by atoms with E-state index in [0.29, 0.717) is 0 Å². The maximum absolute atomic E-state index is 10.2. The molecule has 0 aromatic rings. The number of unbranched alkanes of at least 4 members (excludes halogenated alkanes) is 22. The van der Waals surface area contributed by atoms with Gasteiger partial charge < -0.3 is 19.8 Å². The van der Waals surface area contributed by atoms with E-state index < -0.39 is 11.9 Å². The first-order valence-corrected chi connectivity index (χ1v) is 17.2. The van der Waals surface area contributed by atoms with Crippen LogP contribution in [-0.4, -0.2) is 11.9 Å². The molecular weight excluding hydrogens is 555 g/mol. The van der Waals surface area contributed by atoms with Crippen LogP contribution in [0, 0.1) is 0 Å². The van der Waals surface area contributed by atoms with Crippen molar-refractivity contribution in [3.63, 3.8) is 0 Å². The summed E-state index contributed by atoms with van der Waals surface area (Å²) in [6, 6.07) is 0. The van der Waals surface area contributed by atoms with Gasteiger partial charge in [0.25, 0.3) is 0 Å². The Morgan fingerprint density at radius 1 is 0.390 bits per heavy atom. The van der Waals surface area contributed by atoms with Crippen LogP contribution in [0.25, 0.3) is 0 Å². The summed E-state index contributed by atoms with van der Waals surface area (Å²) in [6.45, 7) is 4.51. The fraction of sp³-hybridized carbons (Fsp3) is 0.833. The predicted molar refractivity (Wildman–Crippen MR) is 169 cm³/mol. The summed E-state index contributed by atoms with van der Waals surface area (Å²) in [5, 5.41) is 20.4. The molecule has 0 aliphatic rings. The van der Waals surface area contributed by atoms with Crippen molar-refractivity contribution in [2.45, 2.75) is 194 Å². The molecule has 0 heterocycles. The minimum absolute atomic E-state index is 0. The van der Waals surface area contributed by atoms with E-state index in [0.717, 1.165) is 38.5 Å². The van der Waals surface area contributed by atoms with Crippen molar-refractivity contribution >= 4 is 11.9 Å². The molecule has 0 spiro atoms. The van der Waals surface area contributed by atoms with Crippen LogP contribution in [0.1, 0.15) is 194 Å². The van der Waals surface area contributed by atoms with Crippen LogP contribution in [0.2, 0.25) is 0 Å². The van der Waals surface area contributed by atoms with E-state index in [1.54, 1.807) is 0 Å². The zero-order valence-electron chi connectivity index (χ0n) is 27.1. The molecule has 41 heavy (non-hydrogen) atoms. The quantitative estimate of drug-likeness (QED) is 0.0591. The third-order valence-electron chi connectivity index (χ3n) is 7.29. The van der Waals surface area contributed by atoms with Gasteiger partial charge in [-0.25, -0.2) is 0 Å². The Labute approximate surface area is 265 Å². The average molecular weight is 622 g/mol. The number of aliphatic carboxylic acids is 2. The minimum atomic E-state index is -0.914. The molecule has 5 heteroatoms. The third-order valence-corrected chi connectivity index (χ3v) is 7.29. The Morgan fingerprint density at radius 2 is 0.610 bits per heavy atom. The number of hydrogen-bond acceptors (Lipinski definition) is 4. The molecule has 4 nitrogen and oxygen atoms in total. The fourth-order valence-corrected chi connectivity index (χ4v) is 4.68. The molecule has 0 fully saturated rings. The van der Waals surface area contributed by atoms with Crippen LogP contribution >= 0.6 is 0 Å². The molecule has 0 amide bonds. The molecule has 0 aromatic carbocycles. The molecule has 0 unspecified atom stereocenters. The van der Waals surface area contributed by atoms with Crippen molar-refractivity contribution in [3.05, 3.63) is 24.3 Å². The summed E-state index contributed by atoms with van der Waals surface area (Å²) in [7, 11) is 0. The molecule has 0 N–H and O–H groups in total. The summed E-state index contributed by atoms with van der Waals surface area (Å²) in [5.41, 5.74) is 0. The van der Waals surface area contributed by atoms with Crippen LogP contribution in [0.5, 0.6) is 0 Å². The summed E-state index contributed by atoms with van der Waals surface area (Å²) in [5.74, 6) is -1.83. The average Bonchev–Trinajstić information content (AvgIpc) is 2.93. The monoisotopic (exact) mass is 621 g/mol. The molecule has 0 bridgehead atoms. The second-order valence-corrected chi connectivity index (χ2v) is 11.4. The van der Waals surface area contributed by atoms with Gasteiger partial charge in [-0.3, -0.25) is 0 Å². The van der Waals surface area contributed by atoms with E-state index in [2.05, 4.69) is 38.2 Å². The first-order chi connectivity index (χ1) is 19.5. The fourth-order valence-electron chi connectivity index (χ4n) is 4.68. The van der Waals surface area contributed by atoms with Crippen LogP contribution in [0.4, 0.5) is 0 Å². The van der Waals surface area contributed by atoms with Gasteiger partial charge >= 0.3 is 16.8 Å². The van der Waals surface area contributed by atoms with Crippen molar-refractivity contribution < 1.29 is 36.6 Å².